The minimum absolute atomic E-state index is 0.114. The Labute approximate surface area is 140 Å². The van der Waals surface area contributed by atoms with E-state index in [0.717, 1.165) is 37.1 Å². The van der Waals surface area contributed by atoms with Crippen LogP contribution in [0.3, 0.4) is 0 Å². The van der Waals surface area contributed by atoms with E-state index < -0.39 is 0 Å². The van der Waals surface area contributed by atoms with Crippen molar-refractivity contribution in [1.82, 2.24) is 10.2 Å². The molecule has 2 heterocycles. The Balaban J connectivity index is 1.91. The molecule has 118 valence electrons. The van der Waals surface area contributed by atoms with Crippen molar-refractivity contribution in [3.8, 4) is 5.75 Å². The molecule has 0 unspecified atom stereocenters. The molecular formula is C19H20N2OS. The summed E-state index contributed by atoms with van der Waals surface area (Å²) in [6, 6.07) is 16.5. The van der Waals surface area contributed by atoms with E-state index in [4.69, 9.17) is 0 Å². The molecule has 0 bridgehead atoms. The average Bonchev–Trinajstić information content (AvgIpc) is 3.12. The molecule has 0 spiro atoms. The summed E-state index contributed by atoms with van der Waals surface area (Å²) in [5.74, 6) is 0.389. The highest BCUT2D eigenvalue weighted by Gasteiger charge is 2.28. The second kappa shape index (κ2) is 6.32. The molecule has 0 radical (unpaired) electrons. The monoisotopic (exact) mass is 324 g/mol. The van der Waals surface area contributed by atoms with Gasteiger partial charge in [0.05, 0.1) is 6.04 Å². The molecule has 1 aliphatic rings. The van der Waals surface area contributed by atoms with Crippen LogP contribution in [0, 0.1) is 0 Å². The van der Waals surface area contributed by atoms with E-state index in [2.05, 4.69) is 45.9 Å². The molecule has 1 atom stereocenters. The summed E-state index contributed by atoms with van der Waals surface area (Å²) in [5, 5.41) is 18.5. The third-order valence-corrected chi connectivity index (χ3v) is 5.48. The molecule has 4 heteroatoms. The van der Waals surface area contributed by atoms with Gasteiger partial charge in [-0.15, -0.1) is 11.3 Å². The number of phenolic OH excluding ortho intramolecular Hbond substituents is 1. The van der Waals surface area contributed by atoms with E-state index in [1.807, 2.05) is 18.2 Å². The van der Waals surface area contributed by atoms with Gasteiger partial charge in [0, 0.05) is 36.6 Å². The predicted molar refractivity (Wildman–Crippen MR) is 96.2 cm³/mol. The lowest BCUT2D eigenvalue weighted by Crippen LogP contribution is -2.45. The Hall–Kier alpha value is -1.88. The summed E-state index contributed by atoms with van der Waals surface area (Å²) in [6.07, 6.45) is 0. The fraction of sp³-hybridized carbons (Fsp3) is 0.263. The van der Waals surface area contributed by atoms with Gasteiger partial charge in [-0.25, -0.2) is 0 Å². The van der Waals surface area contributed by atoms with Gasteiger partial charge in [-0.2, -0.15) is 0 Å². The van der Waals surface area contributed by atoms with Crippen LogP contribution in [0.5, 0.6) is 5.75 Å². The first-order valence-corrected chi connectivity index (χ1v) is 8.91. The zero-order valence-electron chi connectivity index (χ0n) is 12.9. The van der Waals surface area contributed by atoms with Crippen LogP contribution in [0.15, 0.2) is 53.9 Å². The lowest BCUT2D eigenvalue weighted by molar-refractivity contribution is 0.199. The Morgan fingerprint density at radius 1 is 1.00 bits per heavy atom. The number of hydrogen-bond acceptors (Lipinski definition) is 4. The van der Waals surface area contributed by atoms with Crippen LogP contribution in [0.2, 0.25) is 0 Å². The predicted octanol–water partition coefficient (Wildman–Crippen LogP) is 3.60. The Kier molecular flexibility index (Phi) is 4.04. The van der Waals surface area contributed by atoms with E-state index >= 15 is 0 Å². The van der Waals surface area contributed by atoms with Gasteiger partial charge in [0.15, 0.2) is 0 Å². The standard InChI is InChI=1S/C19H20N2OS/c22-16-8-7-14-4-1-2-5-15(14)18(16)19(17-6-3-13-23-17)21-11-9-20-10-12-21/h1-8,13,19-20,22H,9-12H2/t19-/m1/s1. The molecule has 0 aliphatic carbocycles. The first-order valence-electron chi connectivity index (χ1n) is 8.03. The Morgan fingerprint density at radius 2 is 1.83 bits per heavy atom. The SMILES string of the molecule is Oc1ccc2ccccc2c1[C@@H](c1cccs1)N1CCNCC1. The zero-order valence-corrected chi connectivity index (χ0v) is 13.7. The maximum absolute atomic E-state index is 10.7. The first-order chi connectivity index (χ1) is 11.3. The smallest absolute Gasteiger partial charge is 0.121 e. The van der Waals surface area contributed by atoms with Gasteiger partial charge in [-0.1, -0.05) is 36.4 Å². The fourth-order valence-electron chi connectivity index (χ4n) is 3.46. The average molecular weight is 324 g/mol. The second-order valence-electron chi connectivity index (χ2n) is 5.92. The number of aromatic hydroxyl groups is 1. The van der Waals surface area contributed by atoms with Crippen molar-refractivity contribution in [3.63, 3.8) is 0 Å². The van der Waals surface area contributed by atoms with Crippen LogP contribution < -0.4 is 5.32 Å². The van der Waals surface area contributed by atoms with Crippen LogP contribution in [-0.2, 0) is 0 Å². The molecule has 3 aromatic rings. The van der Waals surface area contributed by atoms with Crippen molar-refractivity contribution in [2.24, 2.45) is 0 Å². The maximum atomic E-state index is 10.7. The summed E-state index contributed by atoms with van der Waals surface area (Å²) in [7, 11) is 0. The summed E-state index contributed by atoms with van der Waals surface area (Å²) in [4.78, 5) is 3.77. The number of rotatable bonds is 3. The zero-order chi connectivity index (χ0) is 15.6. The number of nitrogens with zero attached hydrogens (tertiary/aromatic N) is 1. The number of benzene rings is 2. The van der Waals surface area contributed by atoms with Gasteiger partial charge in [0.1, 0.15) is 5.75 Å². The third kappa shape index (κ3) is 2.74. The highest BCUT2D eigenvalue weighted by atomic mass is 32.1. The number of phenols is 1. The number of nitrogens with one attached hydrogen (secondary N) is 1. The van der Waals surface area contributed by atoms with Crippen molar-refractivity contribution in [2.75, 3.05) is 26.2 Å². The Morgan fingerprint density at radius 3 is 2.61 bits per heavy atom. The minimum Gasteiger partial charge on any atom is -0.508 e. The molecule has 1 saturated heterocycles. The molecule has 3 nitrogen and oxygen atoms in total. The Bertz CT molecular complexity index is 794. The van der Waals surface area contributed by atoms with Gasteiger partial charge >= 0.3 is 0 Å². The van der Waals surface area contributed by atoms with Crippen LogP contribution >= 0.6 is 11.3 Å². The van der Waals surface area contributed by atoms with Crippen molar-refractivity contribution in [3.05, 3.63) is 64.4 Å². The van der Waals surface area contributed by atoms with Gasteiger partial charge < -0.3 is 10.4 Å². The van der Waals surface area contributed by atoms with Crippen molar-refractivity contribution in [1.29, 1.82) is 0 Å². The van der Waals surface area contributed by atoms with Crippen LogP contribution in [0.1, 0.15) is 16.5 Å². The number of thiophene rings is 1. The molecule has 1 aliphatic heterocycles. The molecular weight excluding hydrogens is 304 g/mol. The largest absolute Gasteiger partial charge is 0.508 e. The number of piperazine rings is 1. The van der Waals surface area contributed by atoms with Crippen LogP contribution in [-0.4, -0.2) is 36.2 Å². The maximum Gasteiger partial charge on any atom is 0.121 e. The summed E-state index contributed by atoms with van der Waals surface area (Å²) >= 11 is 1.76. The van der Waals surface area contributed by atoms with E-state index in [-0.39, 0.29) is 6.04 Å². The number of hydrogen-bond donors (Lipinski definition) is 2. The molecule has 1 aromatic heterocycles. The summed E-state index contributed by atoms with van der Waals surface area (Å²) in [6.45, 7) is 3.97. The normalized spacial score (nSPS) is 17.4. The van der Waals surface area contributed by atoms with E-state index in [1.165, 1.54) is 10.3 Å². The van der Waals surface area contributed by atoms with Crippen molar-refractivity contribution < 1.29 is 5.11 Å². The lowest BCUT2D eigenvalue weighted by Gasteiger charge is -2.35. The molecule has 4 rings (SSSR count). The van der Waals surface area contributed by atoms with Crippen LogP contribution in [0.25, 0.3) is 10.8 Å². The first kappa shape index (κ1) is 14.7. The second-order valence-corrected chi connectivity index (χ2v) is 6.90. The van der Waals surface area contributed by atoms with Crippen LogP contribution in [0.4, 0.5) is 0 Å². The highest BCUT2D eigenvalue weighted by molar-refractivity contribution is 7.10. The summed E-state index contributed by atoms with van der Waals surface area (Å²) < 4.78 is 0. The molecule has 2 N–H and O–H groups in total. The fourth-order valence-corrected chi connectivity index (χ4v) is 4.33. The van der Waals surface area contributed by atoms with Crippen molar-refractivity contribution in [2.45, 2.75) is 6.04 Å². The highest BCUT2D eigenvalue weighted by Crippen LogP contribution is 2.40. The van der Waals surface area contributed by atoms with Gasteiger partial charge in [-0.3, -0.25) is 4.90 Å². The van der Waals surface area contributed by atoms with E-state index in [0.29, 0.717) is 5.75 Å². The molecule has 0 saturated carbocycles. The van der Waals surface area contributed by atoms with E-state index in [9.17, 15) is 5.11 Å². The minimum atomic E-state index is 0.114. The number of fused-ring (bicyclic) bond motifs is 1. The third-order valence-electron chi connectivity index (χ3n) is 4.55. The lowest BCUT2D eigenvalue weighted by atomic mass is 9.95. The van der Waals surface area contributed by atoms with Gasteiger partial charge in [0.2, 0.25) is 0 Å². The van der Waals surface area contributed by atoms with E-state index in [1.54, 1.807) is 11.3 Å². The molecule has 0 amide bonds. The summed E-state index contributed by atoms with van der Waals surface area (Å²) in [5.41, 5.74) is 1.03. The van der Waals surface area contributed by atoms with Gasteiger partial charge in [-0.05, 0) is 28.3 Å². The molecule has 1 fully saturated rings. The van der Waals surface area contributed by atoms with Crippen molar-refractivity contribution >= 4 is 22.1 Å². The van der Waals surface area contributed by atoms with Gasteiger partial charge in [0.25, 0.3) is 0 Å². The molecule has 2 aromatic carbocycles. The molecule has 23 heavy (non-hydrogen) atoms. The topological polar surface area (TPSA) is 35.5 Å². The quantitative estimate of drug-likeness (QED) is 0.773.